The fraction of sp³-hybridized carbons (Fsp3) is 0.294. The highest BCUT2D eigenvalue weighted by Crippen LogP contribution is 2.22. The molecule has 0 aliphatic carbocycles. The van der Waals surface area contributed by atoms with Gasteiger partial charge in [0.25, 0.3) is 5.91 Å². The van der Waals surface area contributed by atoms with E-state index in [2.05, 4.69) is 15.2 Å². The quantitative estimate of drug-likeness (QED) is 0.853. The minimum Gasteiger partial charge on any atom is -0.378 e. The molecule has 2 heterocycles. The van der Waals surface area contributed by atoms with Crippen LogP contribution in [0.25, 0.3) is 0 Å². The second-order valence-electron chi connectivity index (χ2n) is 5.87. The summed E-state index contributed by atoms with van der Waals surface area (Å²) in [6, 6.07) is 7.59. The van der Waals surface area contributed by atoms with Crippen molar-refractivity contribution in [1.82, 2.24) is 4.98 Å². The van der Waals surface area contributed by atoms with Crippen LogP contribution < -0.4 is 10.2 Å². The minimum absolute atomic E-state index is 0.0350. The van der Waals surface area contributed by atoms with Gasteiger partial charge in [0.15, 0.2) is 9.84 Å². The van der Waals surface area contributed by atoms with E-state index in [1.807, 2.05) is 6.07 Å². The van der Waals surface area contributed by atoms with Crippen LogP contribution in [-0.4, -0.2) is 51.9 Å². The van der Waals surface area contributed by atoms with Crippen molar-refractivity contribution in [3.8, 4) is 0 Å². The number of pyridine rings is 1. The van der Waals surface area contributed by atoms with Crippen LogP contribution in [0.15, 0.2) is 41.4 Å². The van der Waals surface area contributed by atoms with Crippen LogP contribution in [0.5, 0.6) is 0 Å². The van der Waals surface area contributed by atoms with Gasteiger partial charge in [-0.25, -0.2) is 13.4 Å². The number of hydrogen-bond donors (Lipinski definition) is 1. The monoisotopic (exact) mass is 395 g/mol. The molecule has 1 amide bonds. The molecule has 0 saturated carbocycles. The summed E-state index contributed by atoms with van der Waals surface area (Å²) < 4.78 is 28.6. The maximum atomic E-state index is 12.5. The van der Waals surface area contributed by atoms with Crippen LogP contribution in [-0.2, 0) is 14.6 Å². The number of morpholine rings is 1. The second-order valence-corrected chi connectivity index (χ2v) is 8.30. The number of carbonyl (C=O) groups is 1. The molecule has 0 atom stereocenters. The van der Waals surface area contributed by atoms with E-state index in [0.717, 1.165) is 25.2 Å². The highest BCUT2D eigenvalue weighted by Gasteiger charge is 2.16. The van der Waals surface area contributed by atoms with Crippen LogP contribution >= 0.6 is 11.6 Å². The lowest BCUT2D eigenvalue weighted by Crippen LogP contribution is -2.36. The first-order valence-corrected chi connectivity index (χ1v) is 10.2. The molecule has 9 heteroatoms. The van der Waals surface area contributed by atoms with Crippen molar-refractivity contribution in [3.63, 3.8) is 0 Å². The maximum Gasteiger partial charge on any atom is 0.257 e. The number of halogens is 1. The summed E-state index contributed by atoms with van der Waals surface area (Å²) in [4.78, 5) is 18.9. The molecule has 1 aliphatic rings. The van der Waals surface area contributed by atoms with Crippen molar-refractivity contribution < 1.29 is 17.9 Å². The van der Waals surface area contributed by atoms with Crippen LogP contribution in [0.4, 0.5) is 11.5 Å². The van der Waals surface area contributed by atoms with Gasteiger partial charge in [0.05, 0.1) is 40.6 Å². The zero-order chi connectivity index (χ0) is 18.7. The summed E-state index contributed by atoms with van der Waals surface area (Å²) in [7, 11) is -3.43. The smallest absolute Gasteiger partial charge is 0.257 e. The molecule has 1 N–H and O–H groups in total. The van der Waals surface area contributed by atoms with Gasteiger partial charge in [-0.1, -0.05) is 11.6 Å². The molecule has 1 saturated heterocycles. The molecule has 1 aliphatic heterocycles. The number of rotatable bonds is 4. The fourth-order valence-corrected chi connectivity index (χ4v) is 3.40. The van der Waals surface area contributed by atoms with Gasteiger partial charge < -0.3 is 15.0 Å². The fourth-order valence-electron chi connectivity index (χ4n) is 2.55. The summed E-state index contributed by atoms with van der Waals surface area (Å²) in [5.41, 5.74) is 0.583. The van der Waals surface area contributed by atoms with E-state index < -0.39 is 15.7 Å². The molecule has 1 aromatic carbocycles. The first-order valence-electron chi connectivity index (χ1n) is 7.94. The number of nitrogens with one attached hydrogen (secondary N) is 1. The highest BCUT2D eigenvalue weighted by molar-refractivity contribution is 7.90. The number of anilines is 2. The molecule has 1 aromatic heterocycles. The van der Waals surface area contributed by atoms with Gasteiger partial charge >= 0.3 is 0 Å². The molecule has 2 aromatic rings. The molecule has 26 heavy (non-hydrogen) atoms. The van der Waals surface area contributed by atoms with Crippen molar-refractivity contribution >= 4 is 38.9 Å². The average molecular weight is 396 g/mol. The first kappa shape index (κ1) is 18.6. The summed E-state index contributed by atoms with van der Waals surface area (Å²) in [5, 5.41) is 2.86. The molecule has 138 valence electrons. The number of benzene rings is 1. The summed E-state index contributed by atoms with van der Waals surface area (Å²) >= 11 is 6.04. The van der Waals surface area contributed by atoms with Gasteiger partial charge in [0.2, 0.25) is 0 Å². The summed E-state index contributed by atoms with van der Waals surface area (Å²) in [6.07, 6.45) is 2.63. The van der Waals surface area contributed by atoms with E-state index in [9.17, 15) is 13.2 Å². The van der Waals surface area contributed by atoms with E-state index in [1.54, 1.807) is 12.3 Å². The van der Waals surface area contributed by atoms with Crippen molar-refractivity contribution in [2.75, 3.05) is 42.8 Å². The standard InChI is InChI=1S/C17H18ClN3O4S/c1-26(23,24)13-3-4-15(18)14(10-13)17(22)20-12-2-5-16(19-11-12)21-6-8-25-9-7-21/h2-5,10-11H,6-9H2,1H3,(H,20,22). The lowest BCUT2D eigenvalue weighted by molar-refractivity contribution is 0.102. The Kier molecular flexibility index (Phi) is 5.45. The number of aromatic nitrogens is 1. The third kappa shape index (κ3) is 4.32. The summed E-state index contributed by atoms with van der Waals surface area (Å²) in [6.45, 7) is 2.86. The van der Waals surface area contributed by atoms with Crippen LogP contribution in [0.1, 0.15) is 10.4 Å². The highest BCUT2D eigenvalue weighted by atomic mass is 35.5. The Morgan fingerprint density at radius 1 is 1.23 bits per heavy atom. The zero-order valence-corrected chi connectivity index (χ0v) is 15.7. The number of sulfone groups is 1. The van der Waals surface area contributed by atoms with Gasteiger partial charge in [0, 0.05) is 19.3 Å². The van der Waals surface area contributed by atoms with Gasteiger partial charge in [-0.05, 0) is 30.3 Å². The van der Waals surface area contributed by atoms with Crippen LogP contribution in [0.3, 0.4) is 0 Å². The number of hydrogen-bond acceptors (Lipinski definition) is 6. The first-order chi connectivity index (χ1) is 12.3. The lowest BCUT2D eigenvalue weighted by Gasteiger charge is -2.27. The Morgan fingerprint density at radius 3 is 2.58 bits per heavy atom. The molecular weight excluding hydrogens is 378 g/mol. The Labute approximate surface area is 156 Å². The second kappa shape index (κ2) is 7.61. The number of carbonyl (C=O) groups excluding carboxylic acids is 1. The topological polar surface area (TPSA) is 88.6 Å². The van der Waals surface area contributed by atoms with Gasteiger partial charge in [-0.15, -0.1) is 0 Å². The van der Waals surface area contributed by atoms with E-state index in [1.165, 1.54) is 18.2 Å². The molecular formula is C17H18ClN3O4S. The van der Waals surface area contributed by atoms with Gasteiger partial charge in [0.1, 0.15) is 5.82 Å². The molecule has 0 radical (unpaired) electrons. The van der Waals surface area contributed by atoms with E-state index in [4.69, 9.17) is 16.3 Å². The lowest BCUT2D eigenvalue weighted by atomic mass is 10.2. The molecule has 1 fully saturated rings. The number of nitrogens with zero attached hydrogens (tertiary/aromatic N) is 2. The largest absolute Gasteiger partial charge is 0.378 e. The van der Waals surface area contributed by atoms with Crippen molar-refractivity contribution in [3.05, 3.63) is 47.1 Å². The predicted molar refractivity (Wildman–Crippen MR) is 99.8 cm³/mol. The zero-order valence-electron chi connectivity index (χ0n) is 14.1. The van der Waals surface area contributed by atoms with Crippen molar-refractivity contribution in [2.45, 2.75) is 4.90 Å². The predicted octanol–water partition coefficient (Wildman–Crippen LogP) is 2.23. The number of ether oxygens (including phenoxy) is 1. The normalized spacial score (nSPS) is 14.9. The summed E-state index contributed by atoms with van der Waals surface area (Å²) in [5.74, 6) is 0.310. The third-order valence-corrected chi connectivity index (χ3v) is 5.39. The van der Waals surface area contributed by atoms with Crippen molar-refractivity contribution in [1.29, 1.82) is 0 Å². The van der Waals surface area contributed by atoms with Gasteiger partial charge in [-0.2, -0.15) is 0 Å². The molecule has 0 spiro atoms. The Balaban J connectivity index is 1.75. The Morgan fingerprint density at radius 2 is 1.96 bits per heavy atom. The van der Waals surface area contributed by atoms with Crippen LogP contribution in [0.2, 0.25) is 5.02 Å². The Bertz CT molecular complexity index is 910. The average Bonchev–Trinajstić information content (AvgIpc) is 2.62. The molecule has 0 unspecified atom stereocenters. The minimum atomic E-state index is -3.43. The van der Waals surface area contributed by atoms with E-state index in [-0.39, 0.29) is 15.5 Å². The molecule has 0 bridgehead atoms. The van der Waals surface area contributed by atoms with Crippen LogP contribution in [0, 0.1) is 0 Å². The number of amides is 1. The Hall–Kier alpha value is -2.16. The van der Waals surface area contributed by atoms with E-state index in [0.29, 0.717) is 18.9 Å². The molecule has 7 nitrogen and oxygen atoms in total. The van der Waals surface area contributed by atoms with Crippen molar-refractivity contribution in [2.24, 2.45) is 0 Å². The SMILES string of the molecule is CS(=O)(=O)c1ccc(Cl)c(C(=O)Nc2ccc(N3CCOCC3)nc2)c1. The third-order valence-electron chi connectivity index (χ3n) is 3.95. The van der Waals surface area contributed by atoms with Gasteiger partial charge in [-0.3, -0.25) is 4.79 Å². The maximum absolute atomic E-state index is 12.5. The van der Waals surface area contributed by atoms with E-state index >= 15 is 0 Å². The molecule has 3 rings (SSSR count).